The molecule has 1 amide bonds. The van der Waals surface area contributed by atoms with E-state index in [2.05, 4.69) is 31.3 Å². The standard InChI is InChI=1S/C66H127NO5/c1-3-5-7-9-11-13-15-17-19-21-23-24-26-30-34-38-42-46-50-54-58-64(69)63(62-68)67-65(70)59-55-51-47-43-39-35-31-27-25-29-33-37-41-45-49-53-57-61-72-66(71)60-56-52-48-44-40-36-32-28-22-20-18-16-14-12-10-8-6-4-2/h25,29,54,58,63-64,68-69H,3-24,26-28,30-53,55-57,59-62H2,1-2H3,(H,67,70)/b29-25-,58-54+. The SMILES string of the molecule is CCCCCCCCCCCCCCCCCCCC/C=C/C(O)C(CO)NC(=O)CCCCCCCCC/C=C\CCCCCCCCOC(=O)CCCCCCCCCCCCCCCCCCCC. The van der Waals surface area contributed by atoms with E-state index in [1.165, 1.54) is 276 Å². The van der Waals surface area contributed by atoms with Crippen molar-refractivity contribution in [1.82, 2.24) is 5.32 Å². The predicted molar refractivity (Wildman–Crippen MR) is 315 cm³/mol. The lowest BCUT2D eigenvalue weighted by Crippen LogP contribution is -2.45. The molecule has 0 aliphatic heterocycles. The van der Waals surface area contributed by atoms with Gasteiger partial charge in [0.05, 0.1) is 25.4 Å². The van der Waals surface area contributed by atoms with E-state index in [4.69, 9.17) is 4.74 Å². The summed E-state index contributed by atoms with van der Waals surface area (Å²) in [6, 6.07) is -0.637. The number of ether oxygens (including phenoxy) is 1. The number of nitrogens with one attached hydrogen (secondary N) is 1. The number of allylic oxidation sites excluding steroid dienone is 3. The van der Waals surface area contributed by atoms with Gasteiger partial charge >= 0.3 is 5.97 Å². The number of hydrogen-bond donors (Lipinski definition) is 3. The molecular formula is C66H127NO5. The summed E-state index contributed by atoms with van der Waals surface area (Å²) in [5.41, 5.74) is 0. The van der Waals surface area contributed by atoms with Crippen molar-refractivity contribution in [3.05, 3.63) is 24.3 Å². The van der Waals surface area contributed by atoms with Gasteiger partial charge in [0.25, 0.3) is 0 Å². The van der Waals surface area contributed by atoms with E-state index >= 15 is 0 Å². The molecule has 3 N–H and O–H groups in total. The van der Waals surface area contributed by atoms with Gasteiger partial charge in [-0.3, -0.25) is 9.59 Å². The molecule has 2 atom stereocenters. The molecule has 0 rings (SSSR count). The molecule has 0 spiro atoms. The molecule has 426 valence electrons. The highest BCUT2D eigenvalue weighted by molar-refractivity contribution is 5.76. The third-order valence-corrected chi connectivity index (χ3v) is 15.2. The summed E-state index contributed by atoms with van der Waals surface area (Å²) in [5, 5.41) is 23.2. The summed E-state index contributed by atoms with van der Waals surface area (Å²) >= 11 is 0. The topological polar surface area (TPSA) is 95.9 Å². The summed E-state index contributed by atoms with van der Waals surface area (Å²) in [6.45, 7) is 4.92. The first kappa shape index (κ1) is 70.3. The largest absolute Gasteiger partial charge is 0.466 e. The monoisotopic (exact) mass is 1010 g/mol. The Morgan fingerprint density at radius 2 is 0.653 bits per heavy atom. The van der Waals surface area contributed by atoms with Gasteiger partial charge in [-0.2, -0.15) is 0 Å². The van der Waals surface area contributed by atoms with Crippen LogP contribution < -0.4 is 5.32 Å². The molecule has 0 saturated carbocycles. The molecular weight excluding hydrogens is 887 g/mol. The Morgan fingerprint density at radius 3 is 0.986 bits per heavy atom. The molecule has 0 saturated heterocycles. The fourth-order valence-electron chi connectivity index (χ4n) is 10.2. The highest BCUT2D eigenvalue weighted by Crippen LogP contribution is 2.18. The van der Waals surface area contributed by atoms with Crippen LogP contribution in [0.15, 0.2) is 24.3 Å². The van der Waals surface area contributed by atoms with Crippen molar-refractivity contribution < 1.29 is 24.5 Å². The number of rotatable bonds is 61. The minimum Gasteiger partial charge on any atom is -0.466 e. The van der Waals surface area contributed by atoms with E-state index in [1.54, 1.807) is 6.08 Å². The van der Waals surface area contributed by atoms with Gasteiger partial charge in [0.2, 0.25) is 5.91 Å². The van der Waals surface area contributed by atoms with Crippen LogP contribution in [0, 0.1) is 0 Å². The Balaban J connectivity index is 3.46. The zero-order chi connectivity index (χ0) is 52.2. The smallest absolute Gasteiger partial charge is 0.305 e. The van der Waals surface area contributed by atoms with Gasteiger partial charge in [-0.1, -0.05) is 314 Å². The molecule has 2 unspecified atom stereocenters. The molecule has 0 aliphatic rings. The van der Waals surface area contributed by atoms with Crippen LogP contribution in [0.2, 0.25) is 0 Å². The molecule has 6 heteroatoms. The number of carbonyl (C=O) groups excluding carboxylic acids is 2. The Bertz CT molecular complexity index is 1120. The number of unbranched alkanes of at least 4 members (excludes halogenated alkanes) is 48. The summed E-state index contributed by atoms with van der Waals surface area (Å²) in [5.74, 6) is -0.0743. The minimum absolute atomic E-state index is 0.00235. The normalized spacial score (nSPS) is 12.7. The minimum atomic E-state index is -0.853. The fraction of sp³-hybridized carbons (Fsp3) is 0.909. The Labute approximate surface area is 450 Å². The highest BCUT2D eigenvalue weighted by atomic mass is 16.5. The molecule has 0 fully saturated rings. The van der Waals surface area contributed by atoms with Crippen molar-refractivity contribution >= 4 is 11.9 Å². The van der Waals surface area contributed by atoms with Gasteiger partial charge in [0.1, 0.15) is 0 Å². The van der Waals surface area contributed by atoms with Crippen molar-refractivity contribution in [2.24, 2.45) is 0 Å². The molecule has 0 aliphatic carbocycles. The molecule has 0 radical (unpaired) electrons. The Kier molecular flexibility index (Phi) is 60.5. The fourth-order valence-corrected chi connectivity index (χ4v) is 10.2. The third kappa shape index (κ3) is 57.6. The van der Waals surface area contributed by atoms with E-state index < -0.39 is 12.1 Å². The number of esters is 1. The van der Waals surface area contributed by atoms with Gasteiger partial charge in [0.15, 0.2) is 0 Å². The highest BCUT2D eigenvalue weighted by Gasteiger charge is 2.18. The van der Waals surface area contributed by atoms with E-state index in [0.717, 1.165) is 57.8 Å². The maximum atomic E-state index is 12.5. The first-order valence-corrected chi connectivity index (χ1v) is 32.6. The van der Waals surface area contributed by atoms with Crippen LogP contribution in [-0.2, 0) is 14.3 Å². The molecule has 0 bridgehead atoms. The lowest BCUT2D eigenvalue weighted by atomic mass is 10.0. The average Bonchev–Trinajstić information content (AvgIpc) is 3.38. The van der Waals surface area contributed by atoms with E-state index in [0.29, 0.717) is 19.4 Å². The average molecular weight is 1010 g/mol. The quantitative estimate of drug-likeness (QED) is 0.0320. The summed E-state index contributed by atoms with van der Waals surface area (Å²) in [6.07, 6.45) is 76.5. The van der Waals surface area contributed by atoms with Crippen molar-refractivity contribution in [2.45, 2.75) is 373 Å². The number of carbonyl (C=O) groups is 2. The Hall–Kier alpha value is -1.66. The van der Waals surface area contributed by atoms with Gasteiger partial charge in [-0.05, 0) is 57.8 Å². The molecule has 0 aromatic rings. The zero-order valence-electron chi connectivity index (χ0n) is 48.7. The molecule has 0 aromatic heterocycles. The van der Waals surface area contributed by atoms with Gasteiger partial charge < -0.3 is 20.3 Å². The molecule has 72 heavy (non-hydrogen) atoms. The molecule has 0 aromatic carbocycles. The van der Waals surface area contributed by atoms with Crippen LogP contribution in [0.25, 0.3) is 0 Å². The second-order valence-electron chi connectivity index (χ2n) is 22.5. The number of aliphatic hydroxyl groups is 2. The second kappa shape index (κ2) is 61.9. The van der Waals surface area contributed by atoms with Crippen LogP contribution in [0.4, 0.5) is 0 Å². The number of hydrogen-bond acceptors (Lipinski definition) is 5. The summed E-state index contributed by atoms with van der Waals surface area (Å²) in [7, 11) is 0. The maximum Gasteiger partial charge on any atom is 0.305 e. The van der Waals surface area contributed by atoms with Crippen molar-refractivity contribution in [2.75, 3.05) is 13.2 Å². The van der Waals surface area contributed by atoms with Gasteiger partial charge in [-0.15, -0.1) is 0 Å². The van der Waals surface area contributed by atoms with Crippen LogP contribution in [0.1, 0.15) is 361 Å². The predicted octanol–water partition coefficient (Wildman–Crippen LogP) is 20.6. The van der Waals surface area contributed by atoms with Crippen LogP contribution in [0.5, 0.6) is 0 Å². The van der Waals surface area contributed by atoms with Crippen molar-refractivity contribution in [3.8, 4) is 0 Å². The van der Waals surface area contributed by atoms with Crippen LogP contribution in [-0.4, -0.2) is 47.4 Å². The van der Waals surface area contributed by atoms with E-state index in [1.807, 2.05) is 6.08 Å². The second-order valence-corrected chi connectivity index (χ2v) is 22.5. The summed E-state index contributed by atoms with van der Waals surface area (Å²) in [4.78, 5) is 24.6. The first-order chi connectivity index (χ1) is 35.5. The van der Waals surface area contributed by atoms with E-state index in [-0.39, 0.29) is 18.5 Å². The lowest BCUT2D eigenvalue weighted by molar-refractivity contribution is -0.143. The van der Waals surface area contributed by atoms with Gasteiger partial charge in [0, 0.05) is 12.8 Å². The van der Waals surface area contributed by atoms with Crippen molar-refractivity contribution in [3.63, 3.8) is 0 Å². The van der Waals surface area contributed by atoms with Crippen LogP contribution >= 0.6 is 0 Å². The first-order valence-electron chi connectivity index (χ1n) is 32.6. The molecule has 6 nitrogen and oxygen atoms in total. The third-order valence-electron chi connectivity index (χ3n) is 15.2. The van der Waals surface area contributed by atoms with Crippen molar-refractivity contribution in [1.29, 1.82) is 0 Å². The lowest BCUT2D eigenvalue weighted by Gasteiger charge is -2.20. The number of amides is 1. The van der Waals surface area contributed by atoms with E-state index in [9.17, 15) is 19.8 Å². The maximum absolute atomic E-state index is 12.5. The Morgan fingerprint density at radius 1 is 0.375 bits per heavy atom. The van der Waals surface area contributed by atoms with Gasteiger partial charge in [-0.25, -0.2) is 0 Å². The van der Waals surface area contributed by atoms with Crippen LogP contribution in [0.3, 0.4) is 0 Å². The molecule has 0 heterocycles. The number of aliphatic hydroxyl groups excluding tert-OH is 2. The zero-order valence-corrected chi connectivity index (χ0v) is 48.7. The summed E-state index contributed by atoms with van der Waals surface area (Å²) < 4.78 is 5.49.